The maximum atomic E-state index is 13.8. The first-order valence-electron chi connectivity index (χ1n) is 40.2. The molecular weight excluding hydrogens is 1510 g/mol. The summed E-state index contributed by atoms with van der Waals surface area (Å²) in [6.07, 6.45) is 2.88. The van der Waals surface area contributed by atoms with Crippen molar-refractivity contribution in [2.24, 2.45) is 0 Å². The number of likely N-dealkylation sites (tertiary alicyclic amines) is 3. The first-order chi connectivity index (χ1) is 55.9. The van der Waals surface area contributed by atoms with Gasteiger partial charge in [0.25, 0.3) is 0 Å². The highest BCUT2D eigenvalue weighted by atomic mass is 16.6. The van der Waals surface area contributed by atoms with Gasteiger partial charge in [-0.3, -0.25) is 28.8 Å². The van der Waals surface area contributed by atoms with Crippen LogP contribution in [0.25, 0.3) is 0 Å². The van der Waals surface area contributed by atoms with Crippen LogP contribution in [-0.4, -0.2) is 228 Å². The minimum Gasteiger partial charge on any atom is -0.481 e. The number of piperidine rings is 3. The monoisotopic (exact) mass is 1610 g/mol. The number of ketones is 1. The van der Waals surface area contributed by atoms with Crippen LogP contribution in [0.4, 0.5) is 0 Å². The average molecular weight is 1610 g/mol. The van der Waals surface area contributed by atoms with Gasteiger partial charge in [-0.1, -0.05) is 97.1 Å². The number of ether oxygens (including phenoxy) is 7. The molecule has 29 nitrogen and oxygen atoms in total. The molecule has 5 aromatic rings. The molecule has 17 rings (SSSR count). The third-order valence-electron chi connectivity index (χ3n) is 27.0. The Hall–Kier alpha value is -9.76. The second kappa shape index (κ2) is 31.8. The first-order valence-corrected chi connectivity index (χ1v) is 40.2. The number of nitrogens with zero attached hydrogens (tertiary/aromatic N) is 3. The number of likely N-dealkylation sites (N-methyl/N-ethyl adjacent to an activating group) is 3. The van der Waals surface area contributed by atoms with E-state index in [2.05, 4.69) is 30.7 Å². The van der Waals surface area contributed by atoms with Gasteiger partial charge in [-0.2, -0.15) is 0 Å². The van der Waals surface area contributed by atoms with Gasteiger partial charge in [-0.25, -0.2) is 9.59 Å². The Kier molecular flexibility index (Phi) is 22.4. The van der Waals surface area contributed by atoms with E-state index in [4.69, 9.17) is 33.2 Å². The van der Waals surface area contributed by atoms with Crippen LogP contribution < -0.4 is 30.2 Å². The van der Waals surface area contributed by atoms with Crippen molar-refractivity contribution in [1.82, 2.24) is 30.7 Å². The van der Waals surface area contributed by atoms with Crippen molar-refractivity contribution < 1.29 is 112 Å². The largest absolute Gasteiger partial charge is 0.481 e. The molecule has 12 aliphatic rings. The van der Waals surface area contributed by atoms with Gasteiger partial charge in [0.1, 0.15) is 52.8 Å². The lowest BCUT2D eigenvalue weighted by Gasteiger charge is -2.61. The highest BCUT2D eigenvalue weighted by Crippen LogP contribution is 2.68. The highest BCUT2D eigenvalue weighted by molar-refractivity contribution is 5.89. The minimum atomic E-state index is -1.40. The van der Waals surface area contributed by atoms with E-state index in [0.717, 1.165) is 52.0 Å². The number of amides is 3. The van der Waals surface area contributed by atoms with Crippen molar-refractivity contribution in [1.29, 1.82) is 0 Å². The van der Waals surface area contributed by atoms with Crippen LogP contribution in [0.2, 0.25) is 0 Å². The molecule has 3 fully saturated rings. The standard InChI is InChI=1S/C32H36N2O9.C30H34N2O6.C26H32N2O8/c1-18(36)29(38)33-14-11-24(37)42-27(19-6-4-3-5-7-19)30(39)41-22-10-12-32(40)23-16-20-8-9-21(17-35)26-25(20)31(32,28(22)43-26)13-15-34(23)2;1-17(19-7-5-4-6-8-19)27(34)31-18(2)28(35)37-22-11-12-30(36)23-15-20-9-10-21(16-33)25-24(20)29(30,26(22)38-25)13-14-32(23)3;1-14(30)17(31)12-20(32)27-9-6-21(33)35-18-5-7-26(34)19-11-15-3-4-16(13-29)23-22(15)25(26,24(18)36-23)8-10-28(19)2/h3-10,18,23,27-28,35-36,40H,11-17H2,1-2H3,(H,33,38);4-11,17-18,23,26,33,36H,12-16H2,1-3H3,(H,31,34);3-5,17,19,24,29,31,34H,6-13H2,1-2H3,(H,27,32)/t18-,23+,27-,28-,31-,32+;17-,18-,23+,26-,29-,30+;17-,19+,24-,25-,26+/m000/s1. The third-order valence-corrected chi connectivity index (χ3v) is 27.0. The Labute approximate surface area is 676 Å². The van der Waals surface area contributed by atoms with Gasteiger partial charge < -0.3 is 105 Å². The highest BCUT2D eigenvalue weighted by Gasteiger charge is 2.75. The van der Waals surface area contributed by atoms with Crippen molar-refractivity contribution in [3.05, 3.63) is 194 Å². The number of rotatable bonds is 23. The lowest BCUT2D eigenvalue weighted by atomic mass is 9.50. The molecule has 0 radical (unpaired) electrons. The molecule has 6 bridgehead atoms. The summed E-state index contributed by atoms with van der Waals surface area (Å²) < 4.78 is 42.7. The van der Waals surface area contributed by atoms with E-state index in [1.54, 1.807) is 62.4 Å². The van der Waals surface area contributed by atoms with Gasteiger partial charge in [-0.05, 0) is 147 Å². The molecule has 0 aromatic heterocycles. The maximum absolute atomic E-state index is 13.8. The Morgan fingerprint density at radius 2 is 0.897 bits per heavy atom. The first kappa shape index (κ1) is 82.3. The second-order valence-electron chi connectivity index (χ2n) is 33.3. The van der Waals surface area contributed by atoms with Crippen molar-refractivity contribution in [3.63, 3.8) is 0 Å². The molecule has 622 valence electrons. The zero-order valence-electron chi connectivity index (χ0n) is 66.5. The Bertz CT molecular complexity index is 4900. The molecule has 17 atom stereocenters. The van der Waals surface area contributed by atoms with Gasteiger partial charge in [-0.15, -0.1) is 0 Å². The van der Waals surface area contributed by atoms with Crippen molar-refractivity contribution in [2.45, 2.75) is 224 Å². The SMILES string of the molecule is CC(=O)[C@@H](O)CC(=O)NCCC(=O)OC1=CC[C@@]2(O)[C@H]3Cc4ccc(CO)c5c4[C@@]2(CCN3C)[C@H]1O5.C[C@H](NC(=O)[C@@H](C)c1ccccc1)C(=O)OC1=CC[C@@]2(O)[C@H]3Cc4ccc(CO)c5c4[C@@]2(CCN3C)[C@H]1O5.C[C@H](O)C(=O)NCCC(=O)O[C@H](C(=O)OC1=CC[C@@]2(O)[C@H]3Cc4ccc(CO)c5c4[C@@]2(CCN3C)[C@H]1O5)c1ccccc1. The number of nitrogens with one attached hydrogen (secondary N) is 3. The summed E-state index contributed by atoms with van der Waals surface area (Å²) >= 11 is 0. The fourth-order valence-corrected chi connectivity index (χ4v) is 20.9. The van der Waals surface area contributed by atoms with Crippen molar-refractivity contribution in [3.8, 4) is 17.2 Å². The van der Waals surface area contributed by atoms with Crippen LogP contribution in [0, 0.1) is 0 Å². The molecule has 0 saturated carbocycles. The molecule has 6 aliphatic heterocycles. The number of aliphatic hydroxyl groups is 8. The molecule has 6 aliphatic carbocycles. The zero-order valence-corrected chi connectivity index (χ0v) is 66.5. The molecule has 29 heteroatoms. The zero-order chi connectivity index (χ0) is 83.2. The number of benzene rings is 5. The number of aliphatic hydroxyl groups excluding tert-OH is 5. The lowest BCUT2D eigenvalue weighted by molar-refractivity contribution is -0.176. The summed E-state index contributed by atoms with van der Waals surface area (Å²) in [6, 6.07) is 28.2. The number of carbonyl (C=O) groups is 8. The summed E-state index contributed by atoms with van der Waals surface area (Å²) in [4.78, 5) is 106. The van der Waals surface area contributed by atoms with E-state index in [9.17, 15) is 79.2 Å². The number of esters is 4. The average Bonchev–Trinajstić information content (AvgIpc) is 1.55. The summed E-state index contributed by atoms with van der Waals surface area (Å²) in [5, 5.41) is 93.5. The van der Waals surface area contributed by atoms with Gasteiger partial charge in [0.05, 0.1) is 78.0 Å². The molecule has 117 heavy (non-hydrogen) atoms. The van der Waals surface area contributed by atoms with E-state index >= 15 is 0 Å². The van der Waals surface area contributed by atoms with E-state index in [0.29, 0.717) is 109 Å². The number of carbonyl (C=O) groups excluding carboxylic acids is 8. The molecule has 0 unspecified atom stereocenters. The Morgan fingerprint density at radius 1 is 0.504 bits per heavy atom. The van der Waals surface area contributed by atoms with Crippen LogP contribution in [-0.2, 0) is 113 Å². The predicted molar refractivity (Wildman–Crippen MR) is 417 cm³/mol. The number of hydrogen-bond donors (Lipinski definition) is 11. The smallest absolute Gasteiger partial charge is 0.357 e. The van der Waals surface area contributed by atoms with E-state index in [-0.39, 0.29) is 88.4 Å². The van der Waals surface area contributed by atoms with Crippen LogP contribution in [0.1, 0.15) is 159 Å². The minimum absolute atomic E-state index is 0.0118. The fourth-order valence-electron chi connectivity index (χ4n) is 20.9. The van der Waals surface area contributed by atoms with Gasteiger partial charge >= 0.3 is 23.9 Å². The molecular formula is C88H102N6O23. The van der Waals surface area contributed by atoms with E-state index in [1.807, 2.05) is 87.9 Å². The lowest BCUT2D eigenvalue weighted by Crippen LogP contribution is -2.74. The maximum Gasteiger partial charge on any atom is 0.357 e. The summed E-state index contributed by atoms with van der Waals surface area (Å²) in [6.45, 7) is 7.40. The van der Waals surface area contributed by atoms with Crippen LogP contribution >= 0.6 is 0 Å². The number of Topliss-reactive ketones (excluding diaryl/α,β-unsaturated/α-hetero) is 1. The molecule has 3 amide bonds. The Balaban J connectivity index is 0.000000138. The normalized spacial score (nSPS) is 29.6. The topological polar surface area (TPSA) is 409 Å². The van der Waals surface area contributed by atoms with Crippen molar-refractivity contribution >= 4 is 47.4 Å². The van der Waals surface area contributed by atoms with Gasteiger partial charge in [0, 0.05) is 89.4 Å². The molecule has 5 aromatic carbocycles. The van der Waals surface area contributed by atoms with Crippen LogP contribution in [0.5, 0.6) is 17.2 Å². The summed E-state index contributed by atoms with van der Waals surface area (Å²) in [5.74, 6) is -2.47. The molecule has 3 spiro atoms. The van der Waals surface area contributed by atoms with Crippen LogP contribution in [0.15, 0.2) is 133 Å². The van der Waals surface area contributed by atoms with E-state index in [1.165, 1.54) is 13.8 Å². The van der Waals surface area contributed by atoms with Gasteiger partial charge in [0.15, 0.2) is 24.1 Å². The fraction of sp³-hybridized carbons (Fsp3) is 0.500. The quantitative estimate of drug-likeness (QED) is 0.0330. The molecule has 6 heterocycles. The summed E-state index contributed by atoms with van der Waals surface area (Å²) in [7, 11) is 6.05. The molecule has 3 saturated heterocycles. The van der Waals surface area contributed by atoms with E-state index < -0.39 is 123 Å². The Morgan fingerprint density at radius 3 is 1.31 bits per heavy atom. The summed E-state index contributed by atoms with van der Waals surface area (Å²) in [5.41, 5.74) is 3.27. The number of hydrogen-bond acceptors (Lipinski definition) is 26. The van der Waals surface area contributed by atoms with Gasteiger partial charge in [0.2, 0.25) is 23.8 Å². The van der Waals surface area contributed by atoms with Crippen molar-refractivity contribution in [2.75, 3.05) is 53.9 Å². The molecule has 11 N–H and O–H groups in total. The predicted octanol–water partition coefficient (Wildman–Crippen LogP) is 3.33. The third kappa shape index (κ3) is 13.5. The second-order valence-corrected chi connectivity index (χ2v) is 33.3. The van der Waals surface area contributed by atoms with Crippen LogP contribution in [0.3, 0.4) is 0 Å².